The lowest BCUT2D eigenvalue weighted by Gasteiger charge is -2.34. The highest BCUT2D eigenvalue weighted by Crippen LogP contribution is 2.31. The van der Waals surface area contributed by atoms with Gasteiger partial charge in [-0.2, -0.15) is 0 Å². The normalized spacial score (nSPS) is 18.2. The molecular weight excluding hydrogens is 318 g/mol. The van der Waals surface area contributed by atoms with Gasteiger partial charge in [0.05, 0.1) is 0 Å². The Labute approximate surface area is 148 Å². The second kappa shape index (κ2) is 7.70. The molecule has 0 radical (unpaired) electrons. The summed E-state index contributed by atoms with van der Waals surface area (Å²) in [5.41, 5.74) is 0.860. The Bertz CT molecular complexity index is 714. The van der Waals surface area contributed by atoms with Crippen molar-refractivity contribution in [1.82, 2.24) is 10.1 Å². The number of anilines is 1. The van der Waals surface area contributed by atoms with Gasteiger partial charge in [0.1, 0.15) is 0 Å². The molecule has 0 aliphatic carbocycles. The molecule has 0 bridgehead atoms. The molecule has 25 heavy (non-hydrogen) atoms. The van der Waals surface area contributed by atoms with Crippen molar-refractivity contribution in [2.24, 2.45) is 5.92 Å². The lowest BCUT2D eigenvalue weighted by molar-refractivity contribution is 0.0697. The molecule has 0 spiro atoms. The molecule has 1 aromatic carbocycles. The molecule has 1 N–H and O–H groups in total. The highest BCUT2D eigenvalue weighted by Gasteiger charge is 2.28. The van der Waals surface area contributed by atoms with Crippen LogP contribution in [-0.2, 0) is 0 Å². The lowest BCUT2D eigenvalue weighted by atomic mass is 9.97. The van der Waals surface area contributed by atoms with Crippen LogP contribution in [0.4, 0.5) is 5.82 Å². The Morgan fingerprint density at radius 3 is 2.84 bits per heavy atom. The van der Waals surface area contributed by atoms with E-state index in [4.69, 9.17) is 4.52 Å². The number of carboxylic acid groups (broad SMARTS) is 1. The summed E-state index contributed by atoms with van der Waals surface area (Å²) in [6, 6.07) is 9.26. The number of aromatic nitrogens is 1. The predicted octanol–water partition coefficient (Wildman–Crippen LogP) is 3.21. The van der Waals surface area contributed by atoms with Crippen molar-refractivity contribution in [2.75, 3.05) is 38.1 Å². The topological polar surface area (TPSA) is 69.8 Å². The zero-order valence-electron chi connectivity index (χ0n) is 14.8. The van der Waals surface area contributed by atoms with Gasteiger partial charge in [0, 0.05) is 25.7 Å². The Balaban J connectivity index is 1.82. The lowest BCUT2D eigenvalue weighted by Crippen LogP contribution is -2.40. The van der Waals surface area contributed by atoms with Crippen LogP contribution in [0, 0.1) is 5.92 Å². The number of carbonyl (C=O) groups is 1. The number of likely N-dealkylation sites (tertiary alicyclic amines) is 1. The monoisotopic (exact) mass is 343 g/mol. The van der Waals surface area contributed by atoms with Crippen molar-refractivity contribution < 1.29 is 14.4 Å². The smallest absolute Gasteiger partial charge is 0.343 e. The number of nitrogens with zero attached hydrogens (tertiary/aromatic N) is 3. The molecule has 6 heteroatoms. The summed E-state index contributed by atoms with van der Waals surface area (Å²) >= 11 is 0. The van der Waals surface area contributed by atoms with Gasteiger partial charge in [-0.05, 0) is 31.8 Å². The molecule has 1 unspecified atom stereocenters. The van der Waals surface area contributed by atoms with Crippen molar-refractivity contribution >= 4 is 11.8 Å². The highest BCUT2D eigenvalue weighted by molar-refractivity contribution is 5.99. The van der Waals surface area contributed by atoms with Crippen LogP contribution in [0.2, 0.25) is 0 Å². The van der Waals surface area contributed by atoms with Gasteiger partial charge in [-0.1, -0.05) is 42.4 Å². The molecule has 1 atom stereocenters. The number of hydrogen-bond acceptors (Lipinski definition) is 5. The molecule has 1 aliphatic heterocycles. The third-order valence-corrected chi connectivity index (χ3v) is 4.87. The zero-order valence-corrected chi connectivity index (χ0v) is 14.8. The molecule has 1 fully saturated rings. The number of piperidine rings is 1. The first-order valence-electron chi connectivity index (χ1n) is 8.82. The molecule has 1 aliphatic rings. The minimum Gasteiger partial charge on any atom is -0.477 e. The van der Waals surface area contributed by atoms with Gasteiger partial charge in [0.15, 0.2) is 17.1 Å². The van der Waals surface area contributed by atoms with Crippen LogP contribution in [0.15, 0.2) is 34.9 Å². The Kier molecular flexibility index (Phi) is 5.38. The minimum atomic E-state index is -1.01. The number of rotatable bonds is 6. The summed E-state index contributed by atoms with van der Waals surface area (Å²) in [5, 5.41) is 13.8. The van der Waals surface area contributed by atoms with E-state index in [1.165, 1.54) is 6.42 Å². The predicted molar refractivity (Wildman–Crippen MR) is 97.0 cm³/mol. The fourth-order valence-corrected chi connectivity index (χ4v) is 3.58. The summed E-state index contributed by atoms with van der Waals surface area (Å²) in [4.78, 5) is 16.2. The van der Waals surface area contributed by atoms with Crippen molar-refractivity contribution in [3.05, 3.63) is 35.9 Å². The number of aromatic carboxylic acids is 1. The van der Waals surface area contributed by atoms with E-state index >= 15 is 0 Å². The molecule has 0 amide bonds. The summed E-state index contributed by atoms with van der Waals surface area (Å²) in [7, 11) is 1.89. The Morgan fingerprint density at radius 2 is 2.16 bits per heavy atom. The van der Waals surface area contributed by atoms with Crippen molar-refractivity contribution in [3.8, 4) is 11.3 Å². The fraction of sp³-hybridized carbons (Fsp3) is 0.474. The first kappa shape index (κ1) is 17.5. The van der Waals surface area contributed by atoms with Crippen LogP contribution in [-0.4, -0.2) is 54.4 Å². The van der Waals surface area contributed by atoms with E-state index in [9.17, 15) is 9.90 Å². The van der Waals surface area contributed by atoms with Gasteiger partial charge < -0.3 is 19.4 Å². The van der Waals surface area contributed by atoms with Crippen LogP contribution in [0.25, 0.3) is 11.3 Å². The maximum atomic E-state index is 11.8. The SMILES string of the molecule is CCN1CCCC(CN(C)c2noc(-c3ccccc3)c2C(=O)O)C1. The average Bonchev–Trinajstić information content (AvgIpc) is 3.08. The molecular formula is C19H25N3O3. The van der Waals surface area contributed by atoms with Crippen LogP contribution in [0.5, 0.6) is 0 Å². The quantitative estimate of drug-likeness (QED) is 0.868. The van der Waals surface area contributed by atoms with E-state index in [0.29, 0.717) is 17.5 Å². The van der Waals surface area contributed by atoms with Crippen molar-refractivity contribution in [1.29, 1.82) is 0 Å². The summed E-state index contributed by atoms with van der Waals surface area (Å²) in [6.45, 7) is 6.21. The van der Waals surface area contributed by atoms with E-state index < -0.39 is 5.97 Å². The van der Waals surface area contributed by atoms with E-state index in [1.54, 1.807) is 0 Å². The largest absolute Gasteiger partial charge is 0.477 e. The first-order chi connectivity index (χ1) is 12.1. The van der Waals surface area contributed by atoms with E-state index in [1.807, 2.05) is 42.3 Å². The Hall–Kier alpha value is -2.34. The molecule has 2 heterocycles. The van der Waals surface area contributed by atoms with Crippen LogP contribution >= 0.6 is 0 Å². The molecule has 6 nitrogen and oxygen atoms in total. The van der Waals surface area contributed by atoms with E-state index in [0.717, 1.165) is 38.2 Å². The van der Waals surface area contributed by atoms with Gasteiger partial charge in [0.25, 0.3) is 0 Å². The van der Waals surface area contributed by atoms with Crippen molar-refractivity contribution in [2.45, 2.75) is 19.8 Å². The summed E-state index contributed by atoms with van der Waals surface area (Å²) in [5.74, 6) is 0.215. The van der Waals surface area contributed by atoms with Gasteiger partial charge in [0.2, 0.25) is 0 Å². The zero-order chi connectivity index (χ0) is 17.8. The summed E-state index contributed by atoms with van der Waals surface area (Å²) in [6.07, 6.45) is 2.35. The molecule has 134 valence electrons. The molecule has 2 aromatic rings. The van der Waals surface area contributed by atoms with Gasteiger partial charge in [-0.15, -0.1) is 0 Å². The van der Waals surface area contributed by atoms with Crippen molar-refractivity contribution in [3.63, 3.8) is 0 Å². The third kappa shape index (κ3) is 3.85. The molecule has 1 saturated heterocycles. The van der Waals surface area contributed by atoms with Crippen LogP contribution in [0.1, 0.15) is 30.1 Å². The fourth-order valence-electron chi connectivity index (χ4n) is 3.58. The first-order valence-corrected chi connectivity index (χ1v) is 8.82. The van der Waals surface area contributed by atoms with E-state index in [2.05, 4.69) is 17.0 Å². The average molecular weight is 343 g/mol. The molecule has 3 rings (SSSR count). The van der Waals surface area contributed by atoms with Gasteiger partial charge in [-0.25, -0.2) is 4.79 Å². The highest BCUT2D eigenvalue weighted by atomic mass is 16.5. The maximum absolute atomic E-state index is 11.8. The minimum absolute atomic E-state index is 0.136. The van der Waals surface area contributed by atoms with E-state index in [-0.39, 0.29) is 5.56 Å². The number of benzene rings is 1. The second-order valence-electron chi connectivity index (χ2n) is 6.66. The van der Waals surface area contributed by atoms with Crippen LogP contribution in [0.3, 0.4) is 0 Å². The number of carboxylic acids is 1. The van der Waals surface area contributed by atoms with Gasteiger partial charge >= 0.3 is 5.97 Å². The Morgan fingerprint density at radius 1 is 1.40 bits per heavy atom. The standard InChI is InChI=1S/C19H25N3O3/c1-3-22-11-7-8-14(13-22)12-21(2)18-16(19(23)24)17(25-20-18)15-9-5-4-6-10-15/h4-6,9-10,14H,3,7-8,11-13H2,1-2H3,(H,23,24). The maximum Gasteiger partial charge on any atom is 0.343 e. The second-order valence-corrected chi connectivity index (χ2v) is 6.66. The van der Waals surface area contributed by atoms with Gasteiger partial charge in [-0.3, -0.25) is 0 Å². The molecule has 0 saturated carbocycles. The van der Waals surface area contributed by atoms with Crippen LogP contribution < -0.4 is 4.90 Å². The molecule has 1 aromatic heterocycles. The summed E-state index contributed by atoms with van der Waals surface area (Å²) < 4.78 is 5.41. The third-order valence-electron chi connectivity index (χ3n) is 4.87. The number of hydrogen-bond donors (Lipinski definition) is 1.